The number of nitrogens with zero attached hydrogens (tertiary/aromatic N) is 2. The van der Waals surface area contributed by atoms with Crippen molar-refractivity contribution in [3.05, 3.63) is 65.9 Å². The minimum Gasteiger partial charge on any atom is -0.361 e. The molecule has 1 aromatic heterocycles. The van der Waals surface area contributed by atoms with Crippen LogP contribution in [0.4, 0.5) is 5.69 Å². The second kappa shape index (κ2) is 7.10. The lowest BCUT2D eigenvalue weighted by Crippen LogP contribution is -2.45. The molecule has 1 saturated heterocycles. The fourth-order valence-corrected chi connectivity index (χ4v) is 5.05. The predicted molar refractivity (Wildman–Crippen MR) is 114 cm³/mol. The molecule has 1 fully saturated rings. The van der Waals surface area contributed by atoms with E-state index in [0.717, 1.165) is 38.0 Å². The molecule has 0 radical (unpaired) electrons. The van der Waals surface area contributed by atoms with E-state index in [9.17, 15) is 4.79 Å². The minimum atomic E-state index is 0.239. The number of piperidine rings is 1. The van der Waals surface area contributed by atoms with Crippen molar-refractivity contribution in [1.82, 2.24) is 9.88 Å². The first-order chi connectivity index (χ1) is 13.7. The van der Waals surface area contributed by atoms with E-state index in [-0.39, 0.29) is 11.9 Å². The molecule has 0 bridgehead atoms. The van der Waals surface area contributed by atoms with E-state index >= 15 is 0 Å². The molecule has 5 rings (SSSR count). The summed E-state index contributed by atoms with van der Waals surface area (Å²) in [4.78, 5) is 20.8. The Morgan fingerprint density at radius 1 is 1.07 bits per heavy atom. The molecule has 0 saturated carbocycles. The summed E-state index contributed by atoms with van der Waals surface area (Å²) >= 11 is 0. The highest BCUT2D eigenvalue weighted by molar-refractivity contribution is 5.97. The van der Waals surface area contributed by atoms with Crippen molar-refractivity contribution in [3.63, 3.8) is 0 Å². The first kappa shape index (κ1) is 17.5. The lowest BCUT2D eigenvalue weighted by atomic mass is 9.89. The van der Waals surface area contributed by atoms with Gasteiger partial charge in [-0.05, 0) is 68.5 Å². The quantitative estimate of drug-likeness (QED) is 0.742. The number of carbonyl (C=O) groups excluding carboxylic acids is 1. The summed E-state index contributed by atoms with van der Waals surface area (Å²) in [6.07, 6.45) is 5.37. The van der Waals surface area contributed by atoms with Gasteiger partial charge in [-0.2, -0.15) is 0 Å². The van der Waals surface area contributed by atoms with Crippen LogP contribution in [0.25, 0.3) is 10.9 Å². The normalized spacial score (nSPS) is 20.6. The molecule has 28 heavy (non-hydrogen) atoms. The Hall–Kier alpha value is -2.59. The number of benzene rings is 2. The van der Waals surface area contributed by atoms with Crippen LogP contribution in [0.15, 0.2) is 54.7 Å². The zero-order chi connectivity index (χ0) is 19.1. The molecule has 1 N–H and O–H groups in total. The third kappa shape index (κ3) is 3.02. The number of nitrogens with one attached hydrogen (secondary N) is 1. The molecule has 3 heterocycles. The van der Waals surface area contributed by atoms with Gasteiger partial charge in [-0.3, -0.25) is 9.69 Å². The minimum absolute atomic E-state index is 0.239. The highest BCUT2D eigenvalue weighted by Crippen LogP contribution is 2.34. The summed E-state index contributed by atoms with van der Waals surface area (Å²) < 4.78 is 0. The topological polar surface area (TPSA) is 39.3 Å². The van der Waals surface area contributed by atoms with E-state index in [0.29, 0.717) is 12.5 Å². The predicted octanol–water partition coefficient (Wildman–Crippen LogP) is 4.33. The molecule has 2 aromatic carbocycles. The maximum absolute atomic E-state index is 13.1. The number of likely N-dealkylation sites (tertiary alicyclic amines) is 1. The van der Waals surface area contributed by atoms with Gasteiger partial charge in [0.15, 0.2) is 0 Å². The van der Waals surface area contributed by atoms with Gasteiger partial charge in [0.25, 0.3) is 0 Å². The number of carbonyl (C=O) groups is 1. The maximum atomic E-state index is 13.1. The first-order valence-electron chi connectivity index (χ1n) is 10.4. The SMILES string of the molecule is C[C@@H]1Cc2ccccc2N1C(=O)CN1CCC(c2c[nH]c3ccccc23)CC1. The first-order valence-corrected chi connectivity index (χ1v) is 10.4. The Bertz CT molecular complexity index is 1000. The summed E-state index contributed by atoms with van der Waals surface area (Å²) in [6.45, 7) is 4.65. The largest absolute Gasteiger partial charge is 0.361 e. The molecule has 4 nitrogen and oxygen atoms in total. The Kier molecular flexibility index (Phi) is 4.44. The Balaban J connectivity index is 1.24. The van der Waals surface area contributed by atoms with Crippen molar-refractivity contribution in [2.75, 3.05) is 24.5 Å². The second-order valence-corrected chi connectivity index (χ2v) is 8.29. The summed E-state index contributed by atoms with van der Waals surface area (Å²) in [5.74, 6) is 0.817. The van der Waals surface area contributed by atoms with Crippen LogP contribution in [0.1, 0.15) is 36.8 Å². The third-order valence-corrected chi connectivity index (χ3v) is 6.48. The number of fused-ring (bicyclic) bond motifs is 2. The van der Waals surface area contributed by atoms with E-state index in [1.165, 1.54) is 22.0 Å². The van der Waals surface area contributed by atoms with Crippen LogP contribution in [0.2, 0.25) is 0 Å². The van der Waals surface area contributed by atoms with Gasteiger partial charge in [-0.1, -0.05) is 36.4 Å². The molecule has 2 aliphatic heterocycles. The van der Waals surface area contributed by atoms with Crippen molar-refractivity contribution in [2.24, 2.45) is 0 Å². The molecule has 0 aliphatic carbocycles. The zero-order valence-corrected chi connectivity index (χ0v) is 16.4. The average Bonchev–Trinajstić information content (AvgIpc) is 3.29. The van der Waals surface area contributed by atoms with Crippen molar-refractivity contribution in [2.45, 2.75) is 38.1 Å². The van der Waals surface area contributed by atoms with Crippen LogP contribution in [0, 0.1) is 0 Å². The molecule has 1 atom stereocenters. The maximum Gasteiger partial charge on any atom is 0.241 e. The Labute approximate surface area is 166 Å². The van der Waals surface area contributed by atoms with Crippen molar-refractivity contribution < 1.29 is 4.79 Å². The van der Waals surface area contributed by atoms with Gasteiger partial charge in [0.2, 0.25) is 5.91 Å². The lowest BCUT2D eigenvalue weighted by molar-refractivity contribution is -0.120. The summed E-state index contributed by atoms with van der Waals surface area (Å²) in [7, 11) is 0. The number of H-pyrrole nitrogens is 1. The highest BCUT2D eigenvalue weighted by atomic mass is 16.2. The molecule has 3 aromatic rings. The molecule has 4 heteroatoms. The molecular formula is C24H27N3O. The smallest absolute Gasteiger partial charge is 0.241 e. The lowest BCUT2D eigenvalue weighted by Gasteiger charge is -2.33. The van der Waals surface area contributed by atoms with E-state index in [4.69, 9.17) is 0 Å². The fraction of sp³-hybridized carbons (Fsp3) is 0.375. The number of anilines is 1. The van der Waals surface area contributed by atoms with Gasteiger partial charge in [0, 0.05) is 28.8 Å². The van der Waals surface area contributed by atoms with Crippen LogP contribution in [-0.4, -0.2) is 41.5 Å². The number of para-hydroxylation sites is 2. The molecule has 1 amide bonds. The molecule has 0 spiro atoms. The van der Waals surface area contributed by atoms with Gasteiger partial charge < -0.3 is 9.88 Å². The van der Waals surface area contributed by atoms with Gasteiger partial charge >= 0.3 is 0 Å². The number of aromatic nitrogens is 1. The highest BCUT2D eigenvalue weighted by Gasteiger charge is 2.32. The van der Waals surface area contributed by atoms with Gasteiger partial charge in [-0.25, -0.2) is 0 Å². The molecule has 2 aliphatic rings. The standard InChI is InChI=1S/C24H27N3O/c1-17-14-19-6-2-5-9-23(19)27(17)24(28)16-26-12-10-18(11-13-26)21-15-25-22-8-4-3-7-20(21)22/h2-9,15,17-18,25H,10-14,16H2,1H3/t17-/m1/s1. The van der Waals surface area contributed by atoms with Crippen LogP contribution < -0.4 is 4.90 Å². The monoisotopic (exact) mass is 373 g/mol. The molecular weight excluding hydrogens is 346 g/mol. The molecule has 0 unspecified atom stereocenters. The van der Waals surface area contributed by atoms with Gasteiger partial charge in [0.1, 0.15) is 0 Å². The Morgan fingerprint density at radius 3 is 2.68 bits per heavy atom. The van der Waals surface area contributed by atoms with Crippen LogP contribution in [0.5, 0.6) is 0 Å². The van der Waals surface area contributed by atoms with Crippen LogP contribution >= 0.6 is 0 Å². The van der Waals surface area contributed by atoms with Crippen LogP contribution in [-0.2, 0) is 11.2 Å². The molecule has 144 valence electrons. The zero-order valence-electron chi connectivity index (χ0n) is 16.4. The summed E-state index contributed by atoms with van der Waals surface area (Å²) in [6, 6.07) is 17.1. The third-order valence-electron chi connectivity index (χ3n) is 6.48. The number of rotatable bonds is 3. The van der Waals surface area contributed by atoms with E-state index in [2.05, 4.69) is 65.5 Å². The summed E-state index contributed by atoms with van der Waals surface area (Å²) in [5.41, 5.74) is 5.05. The van der Waals surface area contributed by atoms with Crippen LogP contribution in [0.3, 0.4) is 0 Å². The number of amides is 1. The van der Waals surface area contributed by atoms with E-state index in [1.807, 2.05) is 11.0 Å². The van der Waals surface area contributed by atoms with Crippen molar-refractivity contribution in [3.8, 4) is 0 Å². The average molecular weight is 374 g/mol. The summed E-state index contributed by atoms with van der Waals surface area (Å²) in [5, 5.41) is 1.35. The number of hydrogen-bond donors (Lipinski definition) is 1. The van der Waals surface area contributed by atoms with E-state index < -0.39 is 0 Å². The van der Waals surface area contributed by atoms with E-state index in [1.54, 1.807) is 0 Å². The second-order valence-electron chi connectivity index (χ2n) is 8.29. The van der Waals surface area contributed by atoms with Gasteiger partial charge in [0.05, 0.1) is 6.54 Å². The number of hydrogen-bond acceptors (Lipinski definition) is 2. The fourth-order valence-electron chi connectivity index (χ4n) is 5.05. The Morgan fingerprint density at radius 2 is 1.82 bits per heavy atom. The van der Waals surface area contributed by atoms with Crippen molar-refractivity contribution in [1.29, 1.82) is 0 Å². The van der Waals surface area contributed by atoms with Gasteiger partial charge in [-0.15, -0.1) is 0 Å². The number of aromatic amines is 1. The van der Waals surface area contributed by atoms with Crippen molar-refractivity contribution >= 4 is 22.5 Å².